The van der Waals surface area contributed by atoms with Crippen LogP contribution in [-0.4, -0.2) is 4.98 Å². The van der Waals surface area contributed by atoms with E-state index >= 15 is 0 Å². The second-order valence-corrected chi connectivity index (χ2v) is 5.54. The Balaban J connectivity index is 1.82. The van der Waals surface area contributed by atoms with Crippen molar-refractivity contribution in [1.29, 1.82) is 0 Å². The lowest BCUT2D eigenvalue weighted by molar-refractivity contribution is -0.137. The van der Waals surface area contributed by atoms with Gasteiger partial charge in [-0.15, -0.1) is 11.3 Å². The maximum absolute atomic E-state index is 12.5. The van der Waals surface area contributed by atoms with Gasteiger partial charge in [-0.25, -0.2) is 4.98 Å². The summed E-state index contributed by atoms with van der Waals surface area (Å²) in [7, 11) is 0. The molecule has 1 aromatic heterocycles. The summed E-state index contributed by atoms with van der Waals surface area (Å²) in [6, 6.07) is 12.9. The van der Waals surface area contributed by atoms with Crippen molar-refractivity contribution in [2.24, 2.45) is 0 Å². The number of halogens is 3. The second-order valence-electron chi connectivity index (χ2n) is 4.47. The third-order valence-corrected chi connectivity index (χ3v) is 3.97. The molecule has 0 spiro atoms. The minimum atomic E-state index is -4.30. The van der Waals surface area contributed by atoms with Gasteiger partial charge in [-0.2, -0.15) is 13.2 Å². The second kappa shape index (κ2) is 5.33. The van der Waals surface area contributed by atoms with Crippen molar-refractivity contribution >= 4 is 33.7 Å². The van der Waals surface area contributed by atoms with Crippen molar-refractivity contribution in [2.45, 2.75) is 6.18 Å². The average Bonchev–Trinajstić information content (AvgIpc) is 2.87. The first-order valence-corrected chi connectivity index (χ1v) is 7.05. The Morgan fingerprint density at radius 1 is 0.905 bits per heavy atom. The van der Waals surface area contributed by atoms with Gasteiger partial charge in [0.1, 0.15) is 5.01 Å². The van der Waals surface area contributed by atoms with Gasteiger partial charge in [-0.3, -0.25) is 0 Å². The zero-order chi connectivity index (χ0) is 14.9. The standard InChI is InChI=1S/C16H10F3NS/c17-16(18,19)12-8-5-11(6-9-12)7-10-15-20-13-3-1-2-4-14(13)21-15/h1-10H. The fraction of sp³-hybridized carbons (Fsp3) is 0.0625. The summed E-state index contributed by atoms with van der Waals surface area (Å²) in [4.78, 5) is 4.44. The summed E-state index contributed by atoms with van der Waals surface area (Å²) in [6.45, 7) is 0. The monoisotopic (exact) mass is 305 g/mol. The van der Waals surface area contributed by atoms with Crippen molar-refractivity contribution in [3.05, 3.63) is 64.7 Å². The summed E-state index contributed by atoms with van der Waals surface area (Å²) >= 11 is 1.55. The Hall–Kier alpha value is -2.14. The highest BCUT2D eigenvalue weighted by atomic mass is 32.1. The summed E-state index contributed by atoms with van der Waals surface area (Å²) in [5.74, 6) is 0. The number of fused-ring (bicyclic) bond motifs is 1. The van der Waals surface area contributed by atoms with Crippen LogP contribution in [0.25, 0.3) is 22.4 Å². The lowest BCUT2D eigenvalue weighted by atomic mass is 10.1. The van der Waals surface area contributed by atoms with Crippen molar-refractivity contribution < 1.29 is 13.2 Å². The molecule has 1 nitrogen and oxygen atoms in total. The predicted molar refractivity (Wildman–Crippen MR) is 80.0 cm³/mol. The number of hydrogen-bond acceptors (Lipinski definition) is 2. The van der Waals surface area contributed by atoms with E-state index in [2.05, 4.69) is 4.98 Å². The molecule has 0 aliphatic rings. The summed E-state index contributed by atoms with van der Waals surface area (Å²) in [5, 5.41) is 0.830. The molecule has 0 fully saturated rings. The van der Waals surface area contributed by atoms with Crippen LogP contribution in [0.3, 0.4) is 0 Å². The molecule has 0 saturated carbocycles. The van der Waals surface area contributed by atoms with Gasteiger partial charge >= 0.3 is 6.18 Å². The molecule has 3 rings (SSSR count). The number of benzene rings is 2. The van der Waals surface area contributed by atoms with E-state index in [0.29, 0.717) is 5.56 Å². The number of thiazole rings is 1. The number of aromatic nitrogens is 1. The molecule has 106 valence electrons. The normalized spacial score (nSPS) is 12.3. The van der Waals surface area contributed by atoms with Crippen LogP contribution >= 0.6 is 11.3 Å². The molecule has 0 N–H and O–H groups in total. The highest BCUT2D eigenvalue weighted by molar-refractivity contribution is 7.19. The number of para-hydroxylation sites is 1. The average molecular weight is 305 g/mol. The largest absolute Gasteiger partial charge is 0.416 e. The van der Waals surface area contributed by atoms with Crippen LogP contribution < -0.4 is 0 Å². The number of hydrogen-bond donors (Lipinski definition) is 0. The fourth-order valence-electron chi connectivity index (χ4n) is 1.91. The molecule has 0 bridgehead atoms. The number of rotatable bonds is 2. The first-order chi connectivity index (χ1) is 10.0. The molecular formula is C16H10F3NS. The molecule has 2 aromatic carbocycles. The molecule has 0 aliphatic carbocycles. The Morgan fingerprint density at radius 3 is 2.29 bits per heavy atom. The minimum Gasteiger partial charge on any atom is -0.237 e. The van der Waals surface area contributed by atoms with Crippen molar-refractivity contribution in [2.75, 3.05) is 0 Å². The maximum Gasteiger partial charge on any atom is 0.416 e. The van der Waals surface area contributed by atoms with E-state index in [4.69, 9.17) is 0 Å². The lowest BCUT2D eigenvalue weighted by Gasteiger charge is -2.05. The van der Waals surface area contributed by atoms with E-state index in [9.17, 15) is 13.2 Å². The van der Waals surface area contributed by atoms with E-state index in [0.717, 1.165) is 27.4 Å². The molecule has 3 aromatic rings. The highest BCUT2D eigenvalue weighted by Crippen LogP contribution is 2.29. The topological polar surface area (TPSA) is 12.9 Å². The van der Waals surface area contributed by atoms with E-state index in [1.807, 2.05) is 30.3 Å². The Morgan fingerprint density at radius 2 is 1.62 bits per heavy atom. The third kappa shape index (κ3) is 3.13. The Bertz CT molecular complexity index is 752. The number of alkyl halides is 3. The predicted octanol–water partition coefficient (Wildman–Crippen LogP) is 5.49. The third-order valence-electron chi connectivity index (χ3n) is 2.97. The van der Waals surface area contributed by atoms with E-state index in [1.165, 1.54) is 12.1 Å². The van der Waals surface area contributed by atoms with Crippen molar-refractivity contribution in [3.63, 3.8) is 0 Å². The smallest absolute Gasteiger partial charge is 0.237 e. The SMILES string of the molecule is FC(F)(F)c1ccc(C=Cc2nc3ccccc3s2)cc1. The molecule has 0 amide bonds. The number of nitrogens with zero attached hydrogens (tertiary/aromatic N) is 1. The van der Waals surface area contributed by atoms with Gasteiger partial charge in [-0.1, -0.05) is 30.3 Å². The summed E-state index contributed by atoms with van der Waals surface area (Å²) in [6.07, 6.45) is -0.722. The van der Waals surface area contributed by atoms with Crippen LogP contribution in [0.2, 0.25) is 0 Å². The zero-order valence-electron chi connectivity index (χ0n) is 10.8. The van der Waals surface area contributed by atoms with Crippen LogP contribution in [0.5, 0.6) is 0 Å². The highest BCUT2D eigenvalue weighted by Gasteiger charge is 2.29. The molecule has 0 aliphatic heterocycles. The molecule has 0 radical (unpaired) electrons. The van der Waals surface area contributed by atoms with Crippen molar-refractivity contribution in [3.8, 4) is 0 Å². The van der Waals surface area contributed by atoms with Gasteiger partial charge in [0.25, 0.3) is 0 Å². The molecule has 5 heteroatoms. The van der Waals surface area contributed by atoms with Gasteiger partial charge in [0, 0.05) is 0 Å². The van der Waals surface area contributed by atoms with Crippen LogP contribution in [0.4, 0.5) is 13.2 Å². The quantitative estimate of drug-likeness (QED) is 0.610. The molecule has 0 unspecified atom stereocenters. The fourth-order valence-corrected chi connectivity index (χ4v) is 2.78. The van der Waals surface area contributed by atoms with E-state index < -0.39 is 11.7 Å². The maximum atomic E-state index is 12.5. The van der Waals surface area contributed by atoms with E-state index in [-0.39, 0.29) is 0 Å². The first kappa shape index (κ1) is 13.8. The van der Waals surface area contributed by atoms with Gasteiger partial charge in [0.05, 0.1) is 15.8 Å². The molecule has 0 saturated heterocycles. The van der Waals surface area contributed by atoms with Gasteiger partial charge in [0.2, 0.25) is 0 Å². The molecule has 1 heterocycles. The Labute approximate surface area is 123 Å². The van der Waals surface area contributed by atoms with E-state index in [1.54, 1.807) is 17.4 Å². The van der Waals surface area contributed by atoms with Crippen LogP contribution in [0, 0.1) is 0 Å². The first-order valence-electron chi connectivity index (χ1n) is 6.23. The minimum absolute atomic E-state index is 0.639. The van der Waals surface area contributed by atoms with Gasteiger partial charge in [0.15, 0.2) is 0 Å². The van der Waals surface area contributed by atoms with Crippen LogP contribution in [0.15, 0.2) is 48.5 Å². The van der Waals surface area contributed by atoms with Crippen molar-refractivity contribution in [1.82, 2.24) is 4.98 Å². The molecular weight excluding hydrogens is 295 g/mol. The van der Waals surface area contributed by atoms with Crippen LogP contribution in [-0.2, 0) is 6.18 Å². The Kier molecular flexibility index (Phi) is 3.51. The van der Waals surface area contributed by atoms with Gasteiger partial charge < -0.3 is 0 Å². The summed E-state index contributed by atoms with van der Waals surface area (Å²) in [5.41, 5.74) is 0.997. The summed E-state index contributed by atoms with van der Waals surface area (Å²) < 4.78 is 38.5. The molecule has 0 atom stereocenters. The van der Waals surface area contributed by atoms with Crippen LogP contribution in [0.1, 0.15) is 16.1 Å². The van der Waals surface area contributed by atoms with Gasteiger partial charge in [-0.05, 0) is 35.9 Å². The lowest BCUT2D eigenvalue weighted by Crippen LogP contribution is -2.03. The molecule has 21 heavy (non-hydrogen) atoms. The zero-order valence-corrected chi connectivity index (χ0v) is 11.6.